The van der Waals surface area contributed by atoms with Crippen LogP contribution in [0.4, 0.5) is 0 Å². The number of hydrogen-bond acceptors (Lipinski definition) is 3. The minimum Gasteiger partial charge on any atom is -0.489 e. The van der Waals surface area contributed by atoms with Gasteiger partial charge in [0.25, 0.3) is 0 Å². The van der Waals surface area contributed by atoms with Crippen LogP contribution in [0.3, 0.4) is 0 Å². The fourth-order valence-electron chi connectivity index (χ4n) is 2.13. The quantitative estimate of drug-likeness (QED) is 0.836. The first-order valence-corrected chi connectivity index (χ1v) is 7.55. The Bertz CT molecular complexity index is 486. The second kappa shape index (κ2) is 7.55. The third-order valence-electron chi connectivity index (χ3n) is 3.07. The van der Waals surface area contributed by atoms with Crippen LogP contribution in [0.25, 0.3) is 6.08 Å². The van der Waals surface area contributed by atoms with E-state index in [0.717, 1.165) is 37.2 Å². The van der Waals surface area contributed by atoms with E-state index in [4.69, 9.17) is 21.1 Å². The normalized spacial score (nSPS) is 15.1. The Morgan fingerprint density at radius 2 is 2.15 bits per heavy atom. The van der Waals surface area contributed by atoms with Crippen LogP contribution in [0.15, 0.2) is 17.7 Å². The first-order valence-electron chi connectivity index (χ1n) is 7.17. The van der Waals surface area contributed by atoms with E-state index in [1.165, 1.54) is 5.57 Å². The molecule has 0 bridgehead atoms. The van der Waals surface area contributed by atoms with Crippen molar-refractivity contribution in [3.63, 3.8) is 0 Å². The minimum absolute atomic E-state index is 0.616. The molecule has 1 aliphatic rings. The molecule has 1 N–H and O–H groups in total. The van der Waals surface area contributed by atoms with Crippen molar-refractivity contribution in [1.82, 2.24) is 5.32 Å². The van der Waals surface area contributed by atoms with Gasteiger partial charge in [-0.15, -0.1) is 0 Å². The summed E-state index contributed by atoms with van der Waals surface area (Å²) >= 11 is 6.28. The van der Waals surface area contributed by atoms with Crippen LogP contribution in [-0.4, -0.2) is 26.3 Å². The highest BCUT2D eigenvalue weighted by Crippen LogP contribution is 2.38. The maximum absolute atomic E-state index is 6.28. The largest absolute Gasteiger partial charge is 0.489 e. The minimum atomic E-state index is 0.616. The predicted molar refractivity (Wildman–Crippen MR) is 83.9 cm³/mol. The highest BCUT2D eigenvalue weighted by atomic mass is 35.5. The zero-order valence-corrected chi connectivity index (χ0v) is 12.9. The van der Waals surface area contributed by atoms with Gasteiger partial charge >= 0.3 is 0 Å². The Morgan fingerprint density at radius 3 is 2.95 bits per heavy atom. The second-order valence-electron chi connectivity index (χ2n) is 5.05. The maximum Gasteiger partial charge on any atom is 0.179 e. The Labute approximate surface area is 125 Å². The van der Waals surface area contributed by atoms with Crippen molar-refractivity contribution in [2.75, 3.05) is 26.3 Å². The Morgan fingerprint density at radius 1 is 1.35 bits per heavy atom. The van der Waals surface area contributed by atoms with Crippen LogP contribution in [-0.2, 0) is 0 Å². The first-order chi connectivity index (χ1) is 9.70. The van der Waals surface area contributed by atoms with E-state index in [9.17, 15) is 0 Å². The van der Waals surface area contributed by atoms with Gasteiger partial charge in [-0.2, -0.15) is 0 Å². The molecule has 0 unspecified atom stereocenters. The van der Waals surface area contributed by atoms with Gasteiger partial charge in [-0.3, -0.25) is 0 Å². The molecule has 1 aliphatic heterocycles. The van der Waals surface area contributed by atoms with Gasteiger partial charge in [-0.05, 0) is 37.6 Å². The van der Waals surface area contributed by atoms with Crippen molar-refractivity contribution in [2.45, 2.75) is 26.7 Å². The number of hydrogen-bond donors (Lipinski definition) is 1. The smallest absolute Gasteiger partial charge is 0.179 e. The first kappa shape index (κ1) is 15.2. The lowest BCUT2D eigenvalue weighted by Gasteiger charge is -2.10. The fraction of sp³-hybridized carbons (Fsp3) is 0.500. The lowest BCUT2D eigenvalue weighted by molar-refractivity contribution is 0.297. The SMILES string of the molecule is CCCNCC(C)=Cc1cc(Cl)c2c(c1)OCCCO2. The van der Waals surface area contributed by atoms with Crippen LogP contribution in [0.1, 0.15) is 32.3 Å². The van der Waals surface area contributed by atoms with Crippen LogP contribution in [0.5, 0.6) is 11.5 Å². The van der Waals surface area contributed by atoms with E-state index in [1.54, 1.807) is 0 Å². The molecule has 1 heterocycles. The van der Waals surface area contributed by atoms with E-state index in [0.29, 0.717) is 24.0 Å². The molecule has 2 rings (SSSR count). The van der Waals surface area contributed by atoms with E-state index in [2.05, 4.69) is 25.2 Å². The molecule has 0 radical (unpaired) electrons. The maximum atomic E-state index is 6.28. The van der Waals surface area contributed by atoms with Gasteiger partial charge in [0.1, 0.15) is 0 Å². The number of benzene rings is 1. The Kier molecular flexibility index (Phi) is 5.74. The van der Waals surface area contributed by atoms with Gasteiger partial charge in [-0.25, -0.2) is 0 Å². The molecule has 0 saturated carbocycles. The van der Waals surface area contributed by atoms with Crippen LogP contribution in [0, 0.1) is 0 Å². The van der Waals surface area contributed by atoms with Gasteiger partial charge in [0.05, 0.1) is 18.2 Å². The highest BCUT2D eigenvalue weighted by molar-refractivity contribution is 6.32. The molecule has 0 fully saturated rings. The third-order valence-corrected chi connectivity index (χ3v) is 3.35. The van der Waals surface area contributed by atoms with Crippen LogP contribution >= 0.6 is 11.6 Å². The number of rotatable bonds is 5. The third kappa shape index (κ3) is 4.15. The van der Waals surface area contributed by atoms with Crippen LogP contribution < -0.4 is 14.8 Å². The van der Waals surface area contributed by atoms with Crippen molar-refractivity contribution in [3.8, 4) is 11.5 Å². The van der Waals surface area contributed by atoms with Gasteiger partial charge in [0, 0.05) is 13.0 Å². The van der Waals surface area contributed by atoms with Crippen LogP contribution in [0.2, 0.25) is 5.02 Å². The van der Waals surface area contributed by atoms with Crippen molar-refractivity contribution >= 4 is 17.7 Å². The average molecular weight is 296 g/mol. The Balaban J connectivity index is 2.14. The summed E-state index contributed by atoms with van der Waals surface area (Å²) in [6.45, 7) is 7.53. The van der Waals surface area contributed by atoms with Crippen molar-refractivity contribution in [1.29, 1.82) is 0 Å². The molecule has 20 heavy (non-hydrogen) atoms. The Hall–Kier alpha value is -1.19. The lowest BCUT2D eigenvalue weighted by Crippen LogP contribution is -2.16. The molecule has 0 spiro atoms. The standard InChI is InChI=1S/C16H22ClNO2/c1-3-5-18-11-12(2)8-13-9-14(17)16-15(10-13)19-6-4-7-20-16/h8-10,18H,3-7,11H2,1-2H3. The van der Waals surface area contributed by atoms with Crippen molar-refractivity contribution < 1.29 is 9.47 Å². The molecule has 1 aromatic rings. The lowest BCUT2D eigenvalue weighted by atomic mass is 10.1. The van der Waals surface area contributed by atoms with Crippen molar-refractivity contribution in [3.05, 3.63) is 28.3 Å². The predicted octanol–water partition coefficient (Wildman–Crippen LogP) is 3.90. The van der Waals surface area contributed by atoms with E-state index >= 15 is 0 Å². The number of halogens is 1. The van der Waals surface area contributed by atoms with E-state index in [1.807, 2.05) is 12.1 Å². The molecule has 4 heteroatoms. The fourth-order valence-corrected chi connectivity index (χ4v) is 2.41. The monoisotopic (exact) mass is 295 g/mol. The number of fused-ring (bicyclic) bond motifs is 1. The summed E-state index contributed by atoms with van der Waals surface area (Å²) in [7, 11) is 0. The molecule has 3 nitrogen and oxygen atoms in total. The van der Waals surface area contributed by atoms with Gasteiger partial charge in [-0.1, -0.05) is 30.2 Å². The number of nitrogens with one attached hydrogen (secondary N) is 1. The molecule has 0 atom stereocenters. The summed E-state index contributed by atoms with van der Waals surface area (Å²) in [5, 5.41) is 4.00. The molecule has 0 amide bonds. The van der Waals surface area contributed by atoms with Crippen molar-refractivity contribution in [2.24, 2.45) is 0 Å². The summed E-state index contributed by atoms with van der Waals surface area (Å²) in [5.41, 5.74) is 2.32. The van der Waals surface area contributed by atoms with Gasteiger partial charge in [0.15, 0.2) is 11.5 Å². The zero-order chi connectivity index (χ0) is 14.4. The molecule has 0 saturated heterocycles. The molecular weight excluding hydrogens is 274 g/mol. The molecule has 1 aromatic carbocycles. The summed E-state index contributed by atoms with van der Waals surface area (Å²) in [5.74, 6) is 1.42. The topological polar surface area (TPSA) is 30.5 Å². The molecule has 110 valence electrons. The van der Waals surface area contributed by atoms with Gasteiger partial charge in [0.2, 0.25) is 0 Å². The summed E-state index contributed by atoms with van der Waals surface area (Å²) in [6.07, 6.45) is 4.16. The van der Waals surface area contributed by atoms with E-state index in [-0.39, 0.29) is 0 Å². The molecule has 0 aliphatic carbocycles. The average Bonchev–Trinajstić information content (AvgIpc) is 2.64. The second-order valence-corrected chi connectivity index (χ2v) is 5.46. The van der Waals surface area contributed by atoms with Gasteiger partial charge < -0.3 is 14.8 Å². The highest BCUT2D eigenvalue weighted by Gasteiger charge is 2.14. The zero-order valence-electron chi connectivity index (χ0n) is 12.2. The summed E-state index contributed by atoms with van der Waals surface area (Å²) < 4.78 is 11.3. The summed E-state index contributed by atoms with van der Waals surface area (Å²) in [6, 6.07) is 3.92. The summed E-state index contributed by atoms with van der Waals surface area (Å²) in [4.78, 5) is 0. The number of ether oxygens (including phenoxy) is 2. The molecular formula is C16H22ClNO2. The molecule has 0 aromatic heterocycles. The van der Waals surface area contributed by atoms with E-state index < -0.39 is 0 Å².